The molecule has 2 fully saturated rings. The van der Waals surface area contributed by atoms with Crippen LogP contribution in [-0.4, -0.2) is 60.9 Å². The summed E-state index contributed by atoms with van der Waals surface area (Å²) in [6, 6.07) is 0.783. The zero-order valence-corrected chi connectivity index (χ0v) is 14.1. The van der Waals surface area contributed by atoms with Gasteiger partial charge in [0.05, 0.1) is 19.3 Å². The normalized spacial score (nSPS) is 26.9. The van der Waals surface area contributed by atoms with E-state index in [-0.39, 0.29) is 11.6 Å². The number of ether oxygens (including phenoxy) is 2. The predicted octanol–water partition coefficient (Wildman–Crippen LogP) is 1.56. The highest BCUT2D eigenvalue weighted by Crippen LogP contribution is 2.28. The van der Waals surface area contributed by atoms with Gasteiger partial charge in [0.15, 0.2) is 0 Å². The molecule has 0 aromatic rings. The highest BCUT2D eigenvalue weighted by molar-refractivity contribution is 5.80. The smallest absolute Gasteiger partial charge is 0.325 e. The Kier molecular flexibility index (Phi) is 4.96. The molecule has 0 amide bonds. The number of hydrogen-bond donors (Lipinski definition) is 1. The summed E-state index contributed by atoms with van der Waals surface area (Å²) in [4.78, 5) is 14.6. The van der Waals surface area contributed by atoms with Gasteiger partial charge in [0.25, 0.3) is 0 Å². The summed E-state index contributed by atoms with van der Waals surface area (Å²) in [5.74, 6) is -0.159. The van der Waals surface area contributed by atoms with E-state index in [9.17, 15) is 4.79 Å². The van der Waals surface area contributed by atoms with Gasteiger partial charge in [-0.2, -0.15) is 0 Å². The Bertz CT molecular complexity index is 382. The highest BCUT2D eigenvalue weighted by Gasteiger charge is 2.42. The first-order chi connectivity index (χ1) is 9.76. The summed E-state index contributed by atoms with van der Waals surface area (Å²) in [6.07, 6.45) is 3.07. The molecule has 2 atom stereocenters. The second-order valence-electron chi connectivity index (χ2n) is 7.37. The second kappa shape index (κ2) is 6.23. The first-order valence-electron chi connectivity index (χ1n) is 8.00. The van der Waals surface area contributed by atoms with Crippen LogP contribution in [0.5, 0.6) is 0 Å². The van der Waals surface area contributed by atoms with E-state index in [1.807, 2.05) is 6.92 Å². The van der Waals surface area contributed by atoms with Crippen molar-refractivity contribution in [3.8, 4) is 0 Å². The summed E-state index contributed by atoms with van der Waals surface area (Å²) in [5.41, 5.74) is -0.712. The van der Waals surface area contributed by atoms with Crippen molar-refractivity contribution in [3.05, 3.63) is 0 Å². The first-order valence-corrected chi connectivity index (χ1v) is 8.00. The third-order valence-corrected chi connectivity index (χ3v) is 4.52. The summed E-state index contributed by atoms with van der Waals surface area (Å²) in [5, 5.41) is 3.48. The lowest BCUT2D eigenvalue weighted by Crippen LogP contribution is -2.57. The van der Waals surface area contributed by atoms with E-state index in [2.05, 4.69) is 31.0 Å². The molecule has 5 heteroatoms. The minimum Gasteiger partial charge on any atom is -0.468 e. The van der Waals surface area contributed by atoms with Crippen molar-refractivity contribution in [1.29, 1.82) is 0 Å². The number of methoxy groups -OCH3 is 1. The molecule has 1 aliphatic heterocycles. The largest absolute Gasteiger partial charge is 0.468 e. The van der Waals surface area contributed by atoms with Crippen molar-refractivity contribution >= 4 is 5.97 Å². The zero-order valence-electron chi connectivity index (χ0n) is 14.1. The van der Waals surface area contributed by atoms with Gasteiger partial charge in [0, 0.05) is 25.2 Å². The maximum absolute atomic E-state index is 12.2. The van der Waals surface area contributed by atoms with Gasteiger partial charge in [-0.25, -0.2) is 0 Å². The summed E-state index contributed by atoms with van der Waals surface area (Å²) < 4.78 is 10.8. The van der Waals surface area contributed by atoms with Gasteiger partial charge in [0.2, 0.25) is 0 Å². The lowest BCUT2D eigenvalue weighted by atomic mass is 9.91. The zero-order chi connectivity index (χ0) is 15.7. The van der Waals surface area contributed by atoms with Crippen LogP contribution in [0.2, 0.25) is 0 Å². The lowest BCUT2D eigenvalue weighted by molar-refractivity contribution is -0.149. The van der Waals surface area contributed by atoms with Crippen molar-refractivity contribution in [1.82, 2.24) is 10.2 Å². The molecular formula is C16H30N2O3. The van der Waals surface area contributed by atoms with Gasteiger partial charge in [-0.3, -0.25) is 15.0 Å². The number of carbonyl (C=O) groups is 1. The van der Waals surface area contributed by atoms with Crippen LogP contribution in [0.1, 0.15) is 47.0 Å². The Morgan fingerprint density at radius 2 is 2.19 bits per heavy atom. The van der Waals surface area contributed by atoms with Crippen LogP contribution in [0.25, 0.3) is 0 Å². The first kappa shape index (κ1) is 16.7. The van der Waals surface area contributed by atoms with Gasteiger partial charge in [-0.1, -0.05) is 0 Å². The molecule has 2 aliphatic rings. The van der Waals surface area contributed by atoms with Crippen LogP contribution in [0.4, 0.5) is 0 Å². The maximum Gasteiger partial charge on any atom is 0.325 e. The average Bonchev–Trinajstić information content (AvgIpc) is 3.20. The molecule has 1 N–H and O–H groups in total. The van der Waals surface area contributed by atoms with Crippen LogP contribution in [-0.2, 0) is 14.3 Å². The lowest BCUT2D eigenvalue weighted by Gasteiger charge is -2.43. The van der Waals surface area contributed by atoms with Crippen molar-refractivity contribution in [3.63, 3.8) is 0 Å². The predicted molar refractivity (Wildman–Crippen MR) is 82.3 cm³/mol. The Morgan fingerprint density at radius 3 is 2.71 bits per heavy atom. The quantitative estimate of drug-likeness (QED) is 0.754. The topological polar surface area (TPSA) is 50.8 Å². The Labute approximate surface area is 128 Å². The van der Waals surface area contributed by atoms with Crippen molar-refractivity contribution in [2.24, 2.45) is 0 Å². The van der Waals surface area contributed by atoms with Crippen molar-refractivity contribution in [2.45, 2.75) is 70.2 Å². The van der Waals surface area contributed by atoms with E-state index < -0.39 is 5.54 Å². The van der Waals surface area contributed by atoms with E-state index in [0.29, 0.717) is 12.1 Å². The number of hydrogen-bond acceptors (Lipinski definition) is 5. The molecule has 2 unspecified atom stereocenters. The number of nitrogens with one attached hydrogen (secondary N) is 1. The fourth-order valence-corrected chi connectivity index (χ4v) is 3.25. The molecule has 0 bridgehead atoms. The van der Waals surface area contributed by atoms with Crippen LogP contribution < -0.4 is 5.32 Å². The van der Waals surface area contributed by atoms with Gasteiger partial charge in [-0.15, -0.1) is 0 Å². The van der Waals surface area contributed by atoms with Gasteiger partial charge >= 0.3 is 5.97 Å². The molecule has 1 heterocycles. The molecular weight excluding hydrogens is 268 g/mol. The molecule has 0 aromatic carbocycles. The molecule has 122 valence electrons. The summed E-state index contributed by atoms with van der Waals surface area (Å²) >= 11 is 0. The van der Waals surface area contributed by atoms with Gasteiger partial charge < -0.3 is 9.47 Å². The third kappa shape index (κ3) is 4.41. The number of esters is 1. The van der Waals surface area contributed by atoms with E-state index in [0.717, 1.165) is 39.0 Å². The average molecular weight is 298 g/mol. The molecule has 0 radical (unpaired) electrons. The molecule has 1 saturated carbocycles. The third-order valence-electron chi connectivity index (χ3n) is 4.52. The SMILES string of the molecule is COC(=O)C(C)(CC(C)N1CCOC(C)(C)C1)NC1CC1. The van der Waals surface area contributed by atoms with Crippen LogP contribution in [0.3, 0.4) is 0 Å². The Balaban J connectivity index is 1.99. The number of morpholine rings is 1. The second-order valence-corrected chi connectivity index (χ2v) is 7.37. The molecule has 1 aliphatic carbocycles. The highest BCUT2D eigenvalue weighted by atomic mass is 16.5. The van der Waals surface area contributed by atoms with Gasteiger partial charge in [-0.05, 0) is 47.0 Å². The molecule has 5 nitrogen and oxygen atoms in total. The number of carbonyl (C=O) groups excluding carboxylic acids is 1. The van der Waals surface area contributed by atoms with E-state index in [4.69, 9.17) is 9.47 Å². The summed E-state index contributed by atoms with van der Waals surface area (Å²) in [7, 11) is 1.47. The fraction of sp³-hybridized carbons (Fsp3) is 0.938. The maximum atomic E-state index is 12.2. The Morgan fingerprint density at radius 1 is 1.52 bits per heavy atom. The van der Waals surface area contributed by atoms with Crippen LogP contribution in [0.15, 0.2) is 0 Å². The monoisotopic (exact) mass is 298 g/mol. The standard InChI is InChI=1S/C16H30N2O3/c1-12(18-8-9-21-15(2,3)11-18)10-16(4,14(19)20-5)17-13-6-7-13/h12-13,17H,6-11H2,1-5H3. The molecule has 0 spiro atoms. The minimum absolute atomic E-state index is 0.113. The summed E-state index contributed by atoms with van der Waals surface area (Å²) in [6.45, 7) is 11.0. The Hall–Kier alpha value is -0.650. The van der Waals surface area contributed by atoms with Gasteiger partial charge in [0.1, 0.15) is 5.54 Å². The molecule has 2 rings (SSSR count). The van der Waals surface area contributed by atoms with E-state index >= 15 is 0 Å². The minimum atomic E-state index is -0.599. The molecule has 21 heavy (non-hydrogen) atoms. The van der Waals surface area contributed by atoms with Crippen molar-refractivity contribution < 1.29 is 14.3 Å². The van der Waals surface area contributed by atoms with E-state index in [1.54, 1.807) is 0 Å². The van der Waals surface area contributed by atoms with E-state index in [1.165, 1.54) is 7.11 Å². The van der Waals surface area contributed by atoms with Crippen LogP contribution in [0, 0.1) is 0 Å². The van der Waals surface area contributed by atoms with Crippen LogP contribution >= 0.6 is 0 Å². The molecule has 0 aromatic heterocycles. The van der Waals surface area contributed by atoms with Crippen molar-refractivity contribution in [2.75, 3.05) is 26.8 Å². The fourth-order valence-electron chi connectivity index (χ4n) is 3.25. The number of nitrogens with zero attached hydrogens (tertiary/aromatic N) is 1. The molecule has 1 saturated heterocycles. The number of rotatable bonds is 6.